The zero-order valence-corrected chi connectivity index (χ0v) is 15.9. The van der Waals surface area contributed by atoms with Gasteiger partial charge < -0.3 is 19.9 Å². The third kappa shape index (κ3) is 3.87. The quantitative estimate of drug-likeness (QED) is 0.876. The van der Waals surface area contributed by atoms with E-state index in [0.717, 1.165) is 56.1 Å². The van der Waals surface area contributed by atoms with Crippen LogP contribution in [-0.2, 0) is 4.79 Å². The van der Waals surface area contributed by atoms with Crippen molar-refractivity contribution < 1.29 is 9.53 Å². The van der Waals surface area contributed by atoms with Gasteiger partial charge in [-0.1, -0.05) is 18.6 Å². The van der Waals surface area contributed by atoms with Crippen molar-refractivity contribution in [1.29, 1.82) is 0 Å². The lowest BCUT2D eigenvalue weighted by atomic mass is 9.85. The molecule has 1 amide bonds. The zero-order chi connectivity index (χ0) is 18.6. The van der Waals surface area contributed by atoms with Crippen molar-refractivity contribution in [2.75, 3.05) is 48.4 Å². The molecule has 5 nitrogen and oxygen atoms in total. The first-order valence-corrected chi connectivity index (χ1v) is 9.78. The predicted molar refractivity (Wildman–Crippen MR) is 110 cm³/mol. The fourth-order valence-electron chi connectivity index (χ4n) is 3.77. The van der Waals surface area contributed by atoms with Crippen molar-refractivity contribution in [1.82, 2.24) is 0 Å². The highest BCUT2D eigenvalue weighted by atomic mass is 16.5. The van der Waals surface area contributed by atoms with Gasteiger partial charge in [-0.2, -0.15) is 0 Å². The Hall–Kier alpha value is -2.69. The van der Waals surface area contributed by atoms with Gasteiger partial charge in [-0.15, -0.1) is 0 Å². The van der Waals surface area contributed by atoms with Gasteiger partial charge in [0.25, 0.3) is 0 Å². The lowest BCUT2D eigenvalue weighted by Gasteiger charge is -2.37. The summed E-state index contributed by atoms with van der Waals surface area (Å²) < 4.78 is 5.49. The summed E-state index contributed by atoms with van der Waals surface area (Å²) in [5, 5.41) is 3.04. The van der Waals surface area contributed by atoms with E-state index in [1.807, 2.05) is 24.3 Å². The number of methoxy groups -OCH3 is 1. The third-order valence-corrected chi connectivity index (χ3v) is 5.68. The standard InChI is InChI=1S/C22H27N3O2/c1-27-21-8-3-2-7-20(21)25-15-13-24(14-16-25)19-11-9-18(10-12-19)23-22(26)17-5-4-6-17/h2-3,7-12,17H,4-6,13-16H2,1H3,(H,23,26). The summed E-state index contributed by atoms with van der Waals surface area (Å²) in [5.41, 5.74) is 3.26. The molecule has 1 saturated heterocycles. The number of nitrogens with zero attached hydrogens (tertiary/aromatic N) is 2. The number of rotatable bonds is 5. The lowest BCUT2D eigenvalue weighted by molar-refractivity contribution is -0.122. The molecular formula is C22H27N3O2. The number of benzene rings is 2. The molecule has 142 valence electrons. The van der Waals surface area contributed by atoms with E-state index >= 15 is 0 Å². The van der Waals surface area contributed by atoms with Gasteiger partial charge in [0.1, 0.15) is 5.75 Å². The molecule has 5 heteroatoms. The Morgan fingerprint density at radius 2 is 1.63 bits per heavy atom. The van der Waals surface area contributed by atoms with Crippen molar-refractivity contribution >= 4 is 23.0 Å². The summed E-state index contributed by atoms with van der Waals surface area (Å²) in [7, 11) is 1.72. The topological polar surface area (TPSA) is 44.8 Å². The molecule has 0 unspecified atom stereocenters. The number of carbonyl (C=O) groups excluding carboxylic acids is 1. The molecule has 1 saturated carbocycles. The summed E-state index contributed by atoms with van der Waals surface area (Å²) >= 11 is 0. The molecule has 2 fully saturated rings. The molecule has 0 aromatic heterocycles. The Bertz CT molecular complexity index is 778. The number of nitrogens with one attached hydrogen (secondary N) is 1. The van der Waals surface area contributed by atoms with Crippen molar-refractivity contribution in [2.24, 2.45) is 5.92 Å². The maximum Gasteiger partial charge on any atom is 0.227 e. The molecule has 2 aromatic carbocycles. The molecule has 0 bridgehead atoms. The number of para-hydroxylation sites is 2. The van der Waals surface area contributed by atoms with Gasteiger partial charge in [-0.25, -0.2) is 0 Å². The Balaban J connectivity index is 1.34. The number of ether oxygens (including phenoxy) is 1. The van der Waals surface area contributed by atoms with Crippen LogP contribution < -0.4 is 19.9 Å². The van der Waals surface area contributed by atoms with Crippen LogP contribution in [0.1, 0.15) is 19.3 Å². The highest BCUT2D eigenvalue weighted by molar-refractivity contribution is 5.93. The van der Waals surface area contributed by atoms with Crippen molar-refractivity contribution in [3.05, 3.63) is 48.5 Å². The Labute approximate surface area is 160 Å². The Morgan fingerprint density at radius 1 is 0.963 bits per heavy atom. The van der Waals surface area contributed by atoms with Crippen molar-refractivity contribution in [3.8, 4) is 5.75 Å². The molecule has 4 rings (SSSR count). The van der Waals surface area contributed by atoms with Gasteiger partial charge in [0.15, 0.2) is 0 Å². The number of hydrogen-bond acceptors (Lipinski definition) is 4. The molecule has 0 spiro atoms. The summed E-state index contributed by atoms with van der Waals surface area (Å²) in [5.74, 6) is 1.31. The van der Waals surface area contributed by atoms with E-state index in [-0.39, 0.29) is 11.8 Å². The molecule has 27 heavy (non-hydrogen) atoms. The van der Waals surface area contributed by atoms with Crippen LogP contribution in [0, 0.1) is 5.92 Å². The average molecular weight is 365 g/mol. The van der Waals surface area contributed by atoms with Crippen LogP contribution in [0.4, 0.5) is 17.1 Å². The normalized spacial score (nSPS) is 17.4. The van der Waals surface area contributed by atoms with Gasteiger partial charge in [-0.3, -0.25) is 4.79 Å². The second kappa shape index (κ2) is 7.91. The van der Waals surface area contributed by atoms with Gasteiger partial charge in [0, 0.05) is 43.5 Å². The minimum absolute atomic E-state index is 0.166. The van der Waals surface area contributed by atoms with Gasteiger partial charge >= 0.3 is 0 Å². The fraction of sp³-hybridized carbons (Fsp3) is 0.409. The average Bonchev–Trinajstić information content (AvgIpc) is 2.67. The monoisotopic (exact) mass is 365 g/mol. The second-order valence-corrected chi connectivity index (χ2v) is 7.31. The second-order valence-electron chi connectivity index (χ2n) is 7.31. The van der Waals surface area contributed by atoms with Gasteiger partial charge in [0.2, 0.25) is 5.91 Å². The number of anilines is 3. The summed E-state index contributed by atoms with van der Waals surface area (Å²) in [6.45, 7) is 3.85. The highest BCUT2D eigenvalue weighted by Crippen LogP contribution is 2.30. The molecule has 1 N–H and O–H groups in total. The van der Waals surface area contributed by atoms with E-state index in [1.54, 1.807) is 7.11 Å². The number of hydrogen-bond donors (Lipinski definition) is 1. The van der Waals surface area contributed by atoms with Crippen LogP contribution in [0.25, 0.3) is 0 Å². The molecule has 0 atom stereocenters. The van der Waals surface area contributed by atoms with Crippen molar-refractivity contribution in [3.63, 3.8) is 0 Å². The summed E-state index contributed by atoms with van der Waals surface area (Å²) in [6.07, 6.45) is 3.23. The lowest BCUT2D eigenvalue weighted by Crippen LogP contribution is -2.46. The van der Waals surface area contributed by atoms with E-state index < -0.39 is 0 Å². The zero-order valence-electron chi connectivity index (χ0n) is 15.9. The Kier molecular flexibility index (Phi) is 5.19. The first kappa shape index (κ1) is 17.7. The molecule has 2 aliphatic rings. The first-order valence-electron chi connectivity index (χ1n) is 9.78. The van der Waals surface area contributed by atoms with Crippen molar-refractivity contribution in [2.45, 2.75) is 19.3 Å². The molecule has 0 radical (unpaired) electrons. The number of carbonyl (C=O) groups is 1. The maximum atomic E-state index is 12.1. The summed E-state index contributed by atoms with van der Waals surface area (Å²) in [4.78, 5) is 16.8. The van der Waals surface area contributed by atoms with Crippen LogP contribution in [0.2, 0.25) is 0 Å². The van der Waals surface area contributed by atoms with E-state index in [2.05, 4.69) is 39.4 Å². The number of amides is 1. The van der Waals surface area contributed by atoms with Crippen LogP contribution >= 0.6 is 0 Å². The van der Waals surface area contributed by atoms with Crippen LogP contribution in [0.3, 0.4) is 0 Å². The van der Waals surface area contributed by atoms with E-state index in [9.17, 15) is 4.79 Å². The predicted octanol–water partition coefficient (Wildman–Crippen LogP) is 3.76. The van der Waals surface area contributed by atoms with Crippen LogP contribution in [-0.4, -0.2) is 39.2 Å². The largest absolute Gasteiger partial charge is 0.495 e. The minimum atomic E-state index is 0.166. The first-order chi connectivity index (χ1) is 13.2. The van der Waals surface area contributed by atoms with E-state index in [0.29, 0.717) is 0 Å². The van der Waals surface area contributed by atoms with E-state index in [4.69, 9.17) is 4.74 Å². The minimum Gasteiger partial charge on any atom is -0.495 e. The molecular weight excluding hydrogens is 338 g/mol. The third-order valence-electron chi connectivity index (χ3n) is 5.68. The molecule has 1 aliphatic carbocycles. The van der Waals surface area contributed by atoms with Gasteiger partial charge in [-0.05, 0) is 49.2 Å². The smallest absolute Gasteiger partial charge is 0.227 e. The maximum absolute atomic E-state index is 12.1. The van der Waals surface area contributed by atoms with Crippen LogP contribution in [0.15, 0.2) is 48.5 Å². The SMILES string of the molecule is COc1ccccc1N1CCN(c2ccc(NC(=O)C3CCC3)cc2)CC1. The fourth-order valence-corrected chi connectivity index (χ4v) is 3.77. The highest BCUT2D eigenvalue weighted by Gasteiger charge is 2.25. The molecule has 2 aromatic rings. The Morgan fingerprint density at radius 3 is 2.26 bits per heavy atom. The summed E-state index contributed by atoms with van der Waals surface area (Å²) in [6, 6.07) is 16.4. The molecule has 1 aliphatic heterocycles. The van der Waals surface area contributed by atoms with E-state index in [1.165, 1.54) is 12.1 Å². The van der Waals surface area contributed by atoms with Crippen LogP contribution in [0.5, 0.6) is 5.75 Å². The number of piperazine rings is 1. The van der Waals surface area contributed by atoms with Gasteiger partial charge in [0.05, 0.1) is 12.8 Å². The molecule has 1 heterocycles.